The molecule has 1 aliphatic rings. The van der Waals surface area contributed by atoms with E-state index in [9.17, 15) is 9.59 Å². The van der Waals surface area contributed by atoms with E-state index in [1.165, 1.54) is 12.8 Å². The van der Waals surface area contributed by atoms with E-state index >= 15 is 0 Å². The quantitative estimate of drug-likeness (QED) is 0.791. The Bertz CT molecular complexity index is 449. The number of carbonyl (C=O) groups excluding carboxylic acids is 1. The van der Waals surface area contributed by atoms with Crippen LogP contribution in [0.2, 0.25) is 0 Å². The highest BCUT2D eigenvalue weighted by atomic mass is 16.4. The molecule has 1 amide bonds. The van der Waals surface area contributed by atoms with Gasteiger partial charge in [-0.15, -0.1) is 0 Å². The summed E-state index contributed by atoms with van der Waals surface area (Å²) in [6.45, 7) is 0.779. The Labute approximate surface area is 112 Å². The molecule has 0 spiro atoms. The van der Waals surface area contributed by atoms with Crippen LogP contribution >= 0.6 is 0 Å². The Morgan fingerprint density at radius 1 is 1.21 bits per heavy atom. The van der Waals surface area contributed by atoms with Gasteiger partial charge in [0.1, 0.15) is 0 Å². The number of carboxylic acid groups (broad SMARTS) is 1. The molecule has 1 fully saturated rings. The first-order valence-corrected chi connectivity index (χ1v) is 6.74. The fraction of sp³-hybridized carbons (Fsp3) is 0.467. The van der Waals surface area contributed by atoms with E-state index < -0.39 is 5.97 Å². The number of nitrogens with one attached hydrogen (secondary N) is 1. The van der Waals surface area contributed by atoms with Crippen LogP contribution in [0.4, 0.5) is 0 Å². The molecule has 0 bridgehead atoms. The highest BCUT2D eigenvalue weighted by Crippen LogP contribution is 2.31. The van der Waals surface area contributed by atoms with Crippen molar-refractivity contribution >= 4 is 11.9 Å². The zero-order valence-corrected chi connectivity index (χ0v) is 10.9. The largest absolute Gasteiger partial charge is 0.478 e. The molecule has 0 aliphatic heterocycles. The maximum atomic E-state index is 11.6. The monoisotopic (exact) mass is 261 g/mol. The van der Waals surface area contributed by atoms with Crippen LogP contribution in [0, 0.1) is 5.92 Å². The number of aromatic carboxylic acids is 1. The molecule has 0 aromatic heterocycles. The molecule has 102 valence electrons. The van der Waals surface area contributed by atoms with Crippen LogP contribution in [0.25, 0.3) is 0 Å². The lowest BCUT2D eigenvalue weighted by molar-refractivity contribution is -0.121. The molecule has 0 unspecified atom stereocenters. The molecule has 1 aromatic carbocycles. The normalized spacial score (nSPS) is 14.1. The lowest BCUT2D eigenvalue weighted by Gasteiger charge is -2.05. The summed E-state index contributed by atoms with van der Waals surface area (Å²) >= 11 is 0. The molecule has 4 nitrogen and oxygen atoms in total. The number of hydrogen-bond acceptors (Lipinski definition) is 2. The van der Waals surface area contributed by atoms with Crippen LogP contribution in [0.1, 0.15) is 41.6 Å². The fourth-order valence-corrected chi connectivity index (χ4v) is 1.98. The van der Waals surface area contributed by atoms with E-state index in [2.05, 4.69) is 5.32 Å². The first kappa shape index (κ1) is 13.6. The Kier molecular flexibility index (Phi) is 4.55. The van der Waals surface area contributed by atoms with Gasteiger partial charge < -0.3 is 10.4 Å². The van der Waals surface area contributed by atoms with Gasteiger partial charge in [-0.05, 0) is 36.5 Å². The van der Waals surface area contributed by atoms with Gasteiger partial charge in [0, 0.05) is 13.0 Å². The van der Waals surface area contributed by atoms with Crippen LogP contribution in [0.5, 0.6) is 0 Å². The van der Waals surface area contributed by atoms with Crippen molar-refractivity contribution in [2.24, 2.45) is 5.92 Å². The molecule has 0 saturated heterocycles. The number of hydrogen-bond donors (Lipinski definition) is 2. The number of aryl methyl sites for hydroxylation is 1. The van der Waals surface area contributed by atoms with Crippen molar-refractivity contribution in [3.8, 4) is 0 Å². The lowest BCUT2D eigenvalue weighted by Crippen LogP contribution is -2.24. The van der Waals surface area contributed by atoms with Crippen LogP contribution < -0.4 is 5.32 Å². The molecule has 4 heteroatoms. The fourth-order valence-electron chi connectivity index (χ4n) is 1.98. The van der Waals surface area contributed by atoms with Gasteiger partial charge in [-0.1, -0.05) is 25.0 Å². The van der Waals surface area contributed by atoms with Crippen molar-refractivity contribution in [3.63, 3.8) is 0 Å². The third-order valence-corrected chi connectivity index (χ3v) is 3.41. The predicted molar refractivity (Wildman–Crippen MR) is 72.1 cm³/mol. The highest BCUT2D eigenvalue weighted by molar-refractivity contribution is 5.87. The predicted octanol–water partition coefficient (Wildman–Crippen LogP) is 2.23. The van der Waals surface area contributed by atoms with Crippen LogP contribution in [0.3, 0.4) is 0 Å². The number of carbonyl (C=O) groups is 2. The second-order valence-corrected chi connectivity index (χ2v) is 5.08. The van der Waals surface area contributed by atoms with Gasteiger partial charge in [0.2, 0.25) is 5.91 Å². The third kappa shape index (κ3) is 4.73. The van der Waals surface area contributed by atoms with E-state index in [1.54, 1.807) is 24.3 Å². The molecule has 1 aliphatic carbocycles. The van der Waals surface area contributed by atoms with Crippen molar-refractivity contribution in [2.45, 2.75) is 32.1 Å². The SMILES string of the molecule is O=C(CCc1ccc(C(=O)O)cc1)NCCC1CC1. The summed E-state index contributed by atoms with van der Waals surface area (Å²) in [6, 6.07) is 6.67. The zero-order chi connectivity index (χ0) is 13.7. The van der Waals surface area contributed by atoms with E-state index in [0.717, 1.165) is 24.4 Å². The maximum absolute atomic E-state index is 11.6. The summed E-state index contributed by atoms with van der Waals surface area (Å²) in [5, 5.41) is 11.7. The first-order valence-electron chi connectivity index (χ1n) is 6.74. The van der Waals surface area contributed by atoms with Crippen molar-refractivity contribution in [1.29, 1.82) is 0 Å². The van der Waals surface area contributed by atoms with Gasteiger partial charge in [0.15, 0.2) is 0 Å². The Hall–Kier alpha value is -1.84. The number of benzene rings is 1. The molecule has 0 atom stereocenters. The summed E-state index contributed by atoms with van der Waals surface area (Å²) in [6.07, 6.45) is 4.82. The van der Waals surface area contributed by atoms with Crippen molar-refractivity contribution in [2.75, 3.05) is 6.54 Å². The Morgan fingerprint density at radius 2 is 1.89 bits per heavy atom. The summed E-state index contributed by atoms with van der Waals surface area (Å²) in [5.41, 5.74) is 1.26. The van der Waals surface area contributed by atoms with Gasteiger partial charge in [0.05, 0.1) is 5.56 Å². The smallest absolute Gasteiger partial charge is 0.335 e. The van der Waals surface area contributed by atoms with Gasteiger partial charge in [-0.2, -0.15) is 0 Å². The third-order valence-electron chi connectivity index (χ3n) is 3.41. The molecule has 1 aromatic rings. The van der Waals surface area contributed by atoms with Gasteiger partial charge >= 0.3 is 5.97 Å². The average Bonchev–Trinajstić information content (AvgIpc) is 3.21. The summed E-state index contributed by atoms with van der Waals surface area (Å²) in [5.74, 6) is -0.0174. The van der Waals surface area contributed by atoms with E-state index in [1.807, 2.05) is 0 Å². The van der Waals surface area contributed by atoms with E-state index in [4.69, 9.17) is 5.11 Å². The van der Waals surface area contributed by atoms with Crippen LogP contribution in [-0.2, 0) is 11.2 Å². The van der Waals surface area contributed by atoms with E-state index in [-0.39, 0.29) is 11.5 Å². The minimum Gasteiger partial charge on any atom is -0.478 e. The molecular weight excluding hydrogens is 242 g/mol. The average molecular weight is 261 g/mol. The molecular formula is C15H19NO3. The lowest BCUT2D eigenvalue weighted by atomic mass is 10.1. The van der Waals surface area contributed by atoms with Crippen molar-refractivity contribution in [1.82, 2.24) is 5.32 Å². The molecule has 0 radical (unpaired) electrons. The zero-order valence-electron chi connectivity index (χ0n) is 10.9. The van der Waals surface area contributed by atoms with Gasteiger partial charge in [-0.25, -0.2) is 4.79 Å². The molecule has 2 N–H and O–H groups in total. The second kappa shape index (κ2) is 6.36. The number of amides is 1. The van der Waals surface area contributed by atoms with E-state index in [0.29, 0.717) is 12.8 Å². The van der Waals surface area contributed by atoms with Gasteiger partial charge in [-0.3, -0.25) is 4.79 Å². The minimum absolute atomic E-state index is 0.0722. The summed E-state index contributed by atoms with van der Waals surface area (Å²) in [4.78, 5) is 22.3. The Balaban J connectivity index is 1.68. The first-order chi connectivity index (χ1) is 9.15. The minimum atomic E-state index is -0.927. The topological polar surface area (TPSA) is 66.4 Å². The summed E-state index contributed by atoms with van der Waals surface area (Å²) < 4.78 is 0. The molecule has 2 rings (SSSR count). The number of rotatable bonds is 7. The molecule has 0 heterocycles. The van der Waals surface area contributed by atoms with Crippen molar-refractivity contribution in [3.05, 3.63) is 35.4 Å². The van der Waals surface area contributed by atoms with Crippen LogP contribution in [-0.4, -0.2) is 23.5 Å². The maximum Gasteiger partial charge on any atom is 0.335 e. The van der Waals surface area contributed by atoms with Crippen molar-refractivity contribution < 1.29 is 14.7 Å². The number of carboxylic acids is 1. The molecule has 1 saturated carbocycles. The molecule has 19 heavy (non-hydrogen) atoms. The standard InChI is InChI=1S/C15H19NO3/c17-14(16-10-9-12-1-2-12)8-5-11-3-6-13(7-4-11)15(18)19/h3-4,6-7,12H,1-2,5,8-10H2,(H,16,17)(H,18,19). The van der Waals surface area contributed by atoms with Gasteiger partial charge in [0.25, 0.3) is 0 Å². The highest BCUT2D eigenvalue weighted by Gasteiger charge is 2.20. The Morgan fingerprint density at radius 3 is 2.47 bits per heavy atom. The van der Waals surface area contributed by atoms with Crippen LogP contribution in [0.15, 0.2) is 24.3 Å². The second-order valence-electron chi connectivity index (χ2n) is 5.08. The summed E-state index contributed by atoms with van der Waals surface area (Å²) in [7, 11) is 0.